The van der Waals surface area contributed by atoms with Gasteiger partial charge in [-0.15, -0.1) is 0 Å². The van der Waals surface area contributed by atoms with Gasteiger partial charge in [0, 0.05) is 25.9 Å². The number of nitrogens with zero attached hydrogens (tertiary/aromatic N) is 1. The van der Waals surface area contributed by atoms with Crippen LogP contribution in [-0.4, -0.2) is 37.9 Å². The van der Waals surface area contributed by atoms with Crippen LogP contribution in [0, 0.1) is 0 Å². The Hall–Kier alpha value is -1.75. The van der Waals surface area contributed by atoms with Crippen LogP contribution in [0.3, 0.4) is 0 Å². The molecule has 112 valence electrons. The lowest BCUT2D eigenvalue weighted by Crippen LogP contribution is -2.22. The molecule has 0 saturated heterocycles. The fraction of sp³-hybridized carbons (Fsp3) is 0.533. The number of carbonyl (C=O) groups is 1. The second-order valence-corrected chi connectivity index (χ2v) is 4.70. The topological polar surface area (TPSA) is 75.8 Å². The zero-order valence-electron chi connectivity index (χ0n) is 12.3. The van der Waals surface area contributed by atoms with E-state index in [2.05, 4.69) is 0 Å². The van der Waals surface area contributed by atoms with Gasteiger partial charge in [0.25, 0.3) is 0 Å². The Bertz CT molecular complexity index is 435. The van der Waals surface area contributed by atoms with Gasteiger partial charge >= 0.3 is 5.97 Å². The molecule has 0 aliphatic carbocycles. The predicted octanol–water partition coefficient (Wildman–Crippen LogP) is 2.04. The van der Waals surface area contributed by atoms with Crippen molar-refractivity contribution in [2.45, 2.75) is 26.2 Å². The summed E-state index contributed by atoms with van der Waals surface area (Å²) in [7, 11) is 1.94. The van der Waals surface area contributed by atoms with E-state index in [4.69, 9.17) is 15.6 Å². The largest absolute Gasteiger partial charge is 0.462 e. The molecule has 20 heavy (non-hydrogen) atoms. The van der Waals surface area contributed by atoms with Crippen LogP contribution >= 0.6 is 0 Å². The highest BCUT2D eigenvalue weighted by Crippen LogP contribution is 2.23. The molecule has 0 aliphatic rings. The number of anilines is 2. The van der Waals surface area contributed by atoms with E-state index in [1.807, 2.05) is 18.0 Å². The van der Waals surface area contributed by atoms with Gasteiger partial charge in [-0.05, 0) is 44.4 Å². The molecule has 0 aliphatic heterocycles. The third kappa shape index (κ3) is 4.74. The summed E-state index contributed by atoms with van der Waals surface area (Å²) >= 11 is 0. The van der Waals surface area contributed by atoms with Gasteiger partial charge in [0.1, 0.15) is 0 Å². The Balaban J connectivity index is 2.79. The first-order valence-electron chi connectivity index (χ1n) is 6.98. The van der Waals surface area contributed by atoms with E-state index in [0.29, 0.717) is 17.9 Å². The first-order chi connectivity index (χ1) is 9.60. The maximum absolute atomic E-state index is 12.0. The van der Waals surface area contributed by atoms with Crippen LogP contribution in [-0.2, 0) is 4.74 Å². The van der Waals surface area contributed by atoms with Crippen LogP contribution < -0.4 is 10.6 Å². The molecule has 0 radical (unpaired) electrons. The second kappa shape index (κ2) is 8.43. The van der Waals surface area contributed by atoms with Crippen LogP contribution in [0.25, 0.3) is 0 Å². The van der Waals surface area contributed by atoms with Gasteiger partial charge in [0.05, 0.1) is 17.9 Å². The van der Waals surface area contributed by atoms with Gasteiger partial charge in [-0.3, -0.25) is 0 Å². The van der Waals surface area contributed by atoms with Gasteiger partial charge in [-0.25, -0.2) is 4.79 Å². The first-order valence-corrected chi connectivity index (χ1v) is 6.98. The van der Waals surface area contributed by atoms with Gasteiger partial charge in [0.15, 0.2) is 0 Å². The van der Waals surface area contributed by atoms with E-state index < -0.39 is 0 Å². The summed E-state index contributed by atoms with van der Waals surface area (Å²) in [4.78, 5) is 14.0. The Morgan fingerprint density at radius 2 is 2.10 bits per heavy atom. The Kier molecular flexibility index (Phi) is 6.87. The Labute approximate surface area is 120 Å². The van der Waals surface area contributed by atoms with E-state index in [1.165, 1.54) is 0 Å². The zero-order chi connectivity index (χ0) is 15.0. The third-order valence-corrected chi connectivity index (χ3v) is 3.08. The standard InChI is InChI=1S/C15H24N2O3/c1-3-20-15(19)13-11-12(16)7-8-14(13)17(2)9-5-4-6-10-18/h7-8,11,18H,3-6,9-10,16H2,1-2H3. The Morgan fingerprint density at radius 1 is 1.35 bits per heavy atom. The molecule has 0 bridgehead atoms. The van der Waals surface area contributed by atoms with Crippen molar-refractivity contribution in [1.29, 1.82) is 0 Å². The molecule has 0 unspecified atom stereocenters. The highest BCUT2D eigenvalue weighted by atomic mass is 16.5. The summed E-state index contributed by atoms with van der Waals surface area (Å²) in [6.45, 7) is 3.16. The van der Waals surface area contributed by atoms with Crippen LogP contribution in [0.15, 0.2) is 18.2 Å². The zero-order valence-corrected chi connectivity index (χ0v) is 12.3. The summed E-state index contributed by atoms with van der Waals surface area (Å²) in [6, 6.07) is 5.27. The lowest BCUT2D eigenvalue weighted by Gasteiger charge is -2.22. The molecule has 0 spiro atoms. The maximum Gasteiger partial charge on any atom is 0.340 e. The number of rotatable bonds is 8. The number of esters is 1. The summed E-state index contributed by atoms with van der Waals surface area (Å²) in [5, 5.41) is 8.77. The molecule has 1 aromatic rings. The summed E-state index contributed by atoms with van der Waals surface area (Å²) in [5.41, 5.74) is 7.61. The fourth-order valence-electron chi connectivity index (χ4n) is 2.02. The summed E-state index contributed by atoms with van der Waals surface area (Å²) in [5.74, 6) is -0.350. The molecule has 5 nitrogen and oxygen atoms in total. The number of hydrogen-bond donors (Lipinski definition) is 2. The highest BCUT2D eigenvalue weighted by Gasteiger charge is 2.15. The fourth-order valence-corrected chi connectivity index (χ4v) is 2.02. The van der Waals surface area contributed by atoms with Crippen LogP contribution in [0.4, 0.5) is 11.4 Å². The van der Waals surface area contributed by atoms with E-state index in [9.17, 15) is 4.79 Å². The number of unbranched alkanes of at least 4 members (excludes halogenated alkanes) is 2. The minimum absolute atomic E-state index is 0.222. The number of nitrogens with two attached hydrogens (primary N) is 1. The van der Waals surface area contributed by atoms with Crippen molar-refractivity contribution in [2.75, 3.05) is 37.4 Å². The molecule has 0 fully saturated rings. The van der Waals surface area contributed by atoms with Gasteiger partial charge in [-0.2, -0.15) is 0 Å². The molecule has 3 N–H and O–H groups in total. The van der Waals surface area contributed by atoms with Gasteiger partial charge < -0.3 is 20.5 Å². The number of benzene rings is 1. The average molecular weight is 280 g/mol. The van der Waals surface area contributed by atoms with E-state index >= 15 is 0 Å². The van der Waals surface area contributed by atoms with Crippen LogP contribution in [0.2, 0.25) is 0 Å². The van der Waals surface area contributed by atoms with Gasteiger partial charge in [-0.1, -0.05) is 0 Å². The molecule has 0 amide bonds. The lowest BCUT2D eigenvalue weighted by atomic mass is 10.1. The molecule has 0 atom stereocenters. The number of nitrogen functional groups attached to an aromatic ring is 1. The van der Waals surface area contributed by atoms with E-state index in [1.54, 1.807) is 19.1 Å². The van der Waals surface area contributed by atoms with Crippen molar-refractivity contribution in [3.8, 4) is 0 Å². The molecule has 5 heteroatoms. The van der Waals surface area contributed by atoms with Crippen molar-refractivity contribution in [2.24, 2.45) is 0 Å². The normalized spacial score (nSPS) is 10.3. The minimum atomic E-state index is -0.350. The molecule has 1 aromatic carbocycles. The SMILES string of the molecule is CCOC(=O)c1cc(N)ccc1N(C)CCCCCO. The smallest absolute Gasteiger partial charge is 0.340 e. The Morgan fingerprint density at radius 3 is 2.75 bits per heavy atom. The number of aliphatic hydroxyl groups excluding tert-OH is 1. The van der Waals surface area contributed by atoms with E-state index in [0.717, 1.165) is 31.5 Å². The van der Waals surface area contributed by atoms with Crippen LogP contribution in [0.1, 0.15) is 36.5 Å². The van der Waals surface area contributed by atoms with Crippen molar-refractivity contribution in [3.63, 3.8) is 0 Å². The molecule has 0 saturated carbocycles. The van der Waals surface area contributed by atoms with Crippen molar-refractivity contribution in [3.05, 3.63) is 23.8 Å². The summed E-state index contributed by atoms with van der Waals surface area (Å²) < 4.78 is 5.06. The minimum Gasteiger partial charge on any atom is -0.462 e. The first kappa shape index (κ1) is 16.3. The number of aliphatic hydroxyl groups is 1. The molecule has 0 heterocycles. The third-order valence-electron chi connectivity index (χ3n) is 3.08. The quantitative estimate of drug-likeness (QED) is 0.433. The number of ether oxygens (including phenoxy) is 1. The highest BCUT2D eigenvalue weighted by molar-refractivity contribution is 5.97. The van der Waals surface area contributed by atoms with Crippen molar-refractivity contribution in [1.82, 2.24) is 0 Å². The maximum atomic E-state index is 12.0. The predicted molar refractivity (Wildman–Crippen MR) is 81.0 cm³/mol. The van der Waals surface area contributed by atoms with Crippen LogP contribution in [0.5, 0.6) is 0 Å². The van der Waals surface area contributed by atoms with E-state index in [-0.39, 0.29) is 12.6 Å². The van der Waals surface area contributed by atoms with Gasteiger partial charge in [0.2, 0.25) is 0 Å². The lowest BCUT2D eigenvalue weighted by molar-refractivity contribution is 0.0527. The molecule has 0 aromatic heterocycles. The number of carbonyl (C=O) groups excluding carboxylic acids is 1. The van der Waals surface area contributed by atoms with Crippen molar-refractivity contribution < 1.29 is 14.6 Å². The molecular weight excluding hydrogens is 256 g/mol. The molecular formula is C15H24N2O3. The monoisotopic (exact) mass is 280 g/mol. The molecule has 1 rings (SSSR count). The van der Waals surface area contributed by atoms with Crippen molar-refractivity contribution >= 4 is 17.3 Å². The second-order valence-electron chi connectivity index (χ2n) is 4.70. The number of hydrogen-bond acceptors (Lipinski definition) is 5. The summed E-state index contributed by atoms with van der Waals surface area (Å²) in [6.07, 6.45) is 2.73. The average Bonchev–Trinajstić information content (AvgIpc) is 2.43.